The number of unbranched alkanes of at least 4 members (excludes halogenated alkanes) is 26. The maximum atomic E-state index is 13.0. The first kappa shape index (κ1) is 53.7. The lowest BCUT2D eigenvalue weighted by atomic mass is 9.99. The van der Waals surface area contributed by atoms with E-state index in [9.17, 15) is 30.3 Å². The SMILES string of the molecule is CCC/C=C\C/C=C\CCCCCCCC(=O)NC(COC1OC(CO)C(O)C(O)C1O)C(O)CCCCCCCCCCCCCCCCCCCCCCC. The van der Waals surface area contributed by atoms with E-state index in [1.807, 2.05) is 0 Å². The van der Waals surface area contributed by atoms with Gasteiger partial charge in [0.1, 0.15) is 24.4 Å². The summed E-state index contributed by atoms with van der Waals surface area (Å²) in [6.07, 6.45) is 39.0. The lowest BCUT2D eigenvalue weighted by molar-refractivity contribution is -0.302. The van der Waals surface area contributed by atoms with E-state index in [0.29, 0.717) is 12.8 Å². The predicted octanol–water partition coefficient (Wildman–Crippen LogP) is 10.3. The van der Waals surface area contributed by atoms with Crippen molar-refractivity contribution in [2.24, 2.45) is 0 Å². The summed E-state index contributed by atoms with van der Waals surface area (Å²) in [6.45, 7) is 3.77. The molecule has 1 amide bonds. The molecule has 57 heavy (non-hydrogen) atoms. The normalized spacial score (nSPS) is 21.1. The first-order chi connectivity index (χ1) is 27.8. The molecule has 9 heteroatoms. The van der Waals surface area contributed by atoms with Gasteiger partial charge in [0.25, 0.3) is 0 Å². The Hall–Kier alpha value is -1.33. The number of carbonyl (C=O) groups is 1. The number of aliphatic hydroxyl groups excluding tert-OH is 5. The van der Waals surface area contributed by atoms with E-state index in [1.54, 1.807) is 0 Å². The van der Waals surface area contributed by atoms with Gasteiger partial charge in [-0.15, -0.1) is 0 Å². The average Bonchev–Trinajstić information content (AvgIpc) is 3.21. The van der Waals surface area contributed by atoms with Gasteiger partial charge in [-0.1, -0.05) is 199 Å². The average molecular weight is 810 g/mol. The van der Waals surface area contributed by atoms with Gasteiger partial charge < -0.3 is 40.3 Å². The second kappa shape index (κ2) is 38.8. The molecule has 1 fully saturated rings. The number of hydrogen-bond acceptors (Lipinski definition) is 8. The lowest BCUT2D eigenvalue weighted by Gasteiger charge is -2.40. The Bertz CT molecular complexity index is 945. The summed E-state index contributed by atoms with van der Waals surface area (Å²) in [7, 11) is 0. The maximum Gasteiger partial charge on any atom is 0.220 e. The fourth-order valence-corrected chi connectivity index (χ4v) is 7.67. The van der Waals surface area contributed by atoms with E-state index >= 15 is 0 Å². The van der Waals surface area contributed by atoms with Crippen molar-refractivity contribution in [2.75, 3.05) is 13.2 Å². The molecule has 0 radical (unpaired) electrons. The molecule has 6 N–H and O–H groups in total. The molecule has 7 unspecified atom stereocenters. The number of allylic oxidation sites excluding steroid dienone is 4. The molecule has 0 saturated carbocycles. The molecule has 1 aliphatic rings. The summed E-state index contributed by atoms with van der Waals surface area (Å²) in [4.78, 5) is 13.0. The molecule has 9 nitrogen and oxygen atoms in total. The summed E-state index contributed by atoms with van der Waals surface area (Å²) in [5.74, 6) is -0.158. The van der Waals surface area contributed by atoms with Gasteiger partial charge in [-0.25, -0.2) is 0 Å². The molecule has 1 aliphatic heterocycles. The Morgan fingerprint density at radius 2 is 1.07 bits per heavy atom. The minimum absolute atomic E-state index is 0.142. The van der Waals surface area contributed by atoms with Gasteiger partial charge in [-0.05, 0) is 38.5 Å². The fourth-order valence-electron chi connectivity index (χ4n) is 7.67. The summed E-state index contributed by atoms with van der Waals surface area (Å²) in [5.41, 5.74) is 0. The third-order valence-electron chi connectivity index (χ3n) is 11.5. The van der Waals surface area contributed by atoms with E-state index < -0.39 is 49.5 Å². The zero-order chi connectivity index (χ0) is 41.6. The van der Waals surface area contributed by atoms with Gasteiger partial charge in [0.15, 0.2) is 6.29 Å². The Kier molecular flexibility index (Phi) is 36.6. The molecular weight excluding hydrogens is 719 g/mol. The number of amides is 1. The highest BCUT2D eigenvalue weighted by Crippen LogP contribution is 2.23. The second-order valence-corrected chi connectivity index (χ2v) is 16.9. The zero-order valence-electron chi connectivity index (χ0n) is 36.9. The van der Waals surface area contributed by atoms with E-state index in [-0.39, 0.29) is 12.5 Å². The Morgan fingerprint density at radius 3 is 1.58 bits per heavy atom. The third kappa shape index (κ3) is 29.5. The van der Waals surface area contributed by atoms with Crippen molar-refractivity contribution in [1.29, 1.82) is 0 Å². The molecule has 0 bridgehead atoms. The highest BCUT2D eigenvalue weighted by molar-refractivity contribution is 5.76. The van der Waals surface area contributed by atoms with Gasteiger partial charge >= 0.3 is 0 Å². The molecule has 0 aromatic rings. The maximum absolute atomic E-state index is 13.0. The number of ether oxygens (including phenoxy) is 2. The summed E-state index contributed by atoms with van der Waals surface area (Å²) in [5, 5.41) is 54.4. The van der Waals surface area contributed by atoms with Gasteiger partial charge in [-0.3, -0.25) is 4.79 Å². The van der Waals surface area contributed by atoms with Gasteiger partial charge in [0.2, 0.25) is 5.91 Å². The quantitative estimate of drug-likeness (QED) is 0.0265. The molecular formula is C48H91NO8. The first-order valence-electron chi connectivity index (χ1n) is 24.0. The van der Waals surface area contributed by atoms with Crippen molar-refractivity contribution < 1.29 is 39.8 Å². The standard InChI is InChI=1S/C48H91NO8/c1-3-5-7-9-11-13-15-17-18-19-20-21-22-23-24-26-27-29-31-33-35-37-42(51)41(40-56-48-47(55)46(54)45(53)43(39-50)57-48)49-44(52)38-36-34-32-30-28-25-16-14-12-10-8-6-4-2/h8,10,14,16,41-43,45-48,50-51,53-55H,3-7,9,11-13,15,17-40H2,1-2H3,(H,49,52)/b10-8-,16-14-. The summed E-state index contributed by atoms with van der Waals surface area (Å²) >= 11 is 0. The van der Waals surface area contributed by atoms with E-state index in [0.717, 1.165) is 70.6 Å². The Morgan fingerprint density at radius 1 is 0.596 bits per heavy atom. The van der Waals surface area contributed by atoms with Crippen molar-refractivity contribution >= 4 is 5.91 Å². The number of nitrogens with one attached hydrogen (secondary N) is 1. The van der Waals surface area contributed by atoms with Crippen molar-refractivity contribution in [3.63, 3.8) is 0 Å². The number of hydrogen-bond donors (Lipinski definition) is 6. The van der Waals surface area contributed by atoms with Crippen LogP contribution in [0, 0.1) is 0 Å². The van der Waals surface area contributed by atoms with Crippen molar-refractivity contribution in [3.8, 4) is 0 Å². The van der Waals surface area contributed by atoms with Gasteiger partial charge in [0, 0.05) is 6.42 Å². The van der Waals surface area contributed by atoms with Crippen LogP contribution < -0.4 is 5.32 Å². The number of rotatable bonds is 40. The van der Waals surface area contributed by atoms with E-state index in [2.05, 4.69) is 43.5 Å². The van der Waals surface area contributed by atoms with Crippen molar-refractivity contribution in [3.05, 3.63) is 24.3 Å². The third-order valence-corrected chi connectivity index (χ3v) is 11.5. The van der Waals surface area contributed by atoms with Crippen LogP contribution in [0.1, 0.15) is 219 Å². The highest BCUT2D eigenvalue weighted by atomic mass is 16.7. The van der Waals surface area contributed by atoms with Crippen LogP contribution in [0.3, 0.4) is 0 Å². The monoisotopic (exact) mass is 810 g/mol. The second-order valence-electron chi connectivity index (χ2n) is 16.9. The topological polar surface area (TPSA) is 149 Å². The zero-order valence-corrected chi connectivity index (χ0v) is 36.9. The lowest BCUT2D eigenvalue weighted by Crippen LogP contribution is -2.60. The van der Waals surface area contributed by atoms with Gasteiger partial charge in [0.05, 0.1) is 25.4 Å². The Balaban J connectivity index is 2.28. The van der Waals surface area contributed by atoms with Gasteiger partial charge in [-0.2, -0.15) is 0 Å². The van der Waals surface area contributed by atoms with E-state index in [4.69, 9.17) is 9.47 Å². The smallest absolute Gasteiger partial charge is 0.220 e. The number of carbonyl (C=O) groups excluding carboxylic acids is 1. The largest absolute Gasteiger partial charge is 0.394 e. The summed E-state index contributed by atoms with van der Waals surface area (Å²) in [6, 6.07) is -0.724. The molecule has 0 aliphatic carbocycles. The van der Waals surface area contributed by atoms with Crippen LogP contribution in [0.5, 0.6) is 0 Å². The van der Waals surface area contributed by atoms with Crippen LogP contribution >= 0.6 is 0 Å². The van der Waals surface area contributed by atoms with Crippen LogP contribution in [0.25, 0.3) is 0 Å². The van der Waals surface area contributed by atoms with Crippen molar-refractivity contribution in [1.82, 2.24) is 5.32 Å². The van der Waals surface area contributed by atoms with Crippen LogP contribution in [0.4, 0.5) is 0 Å². The number of aliphatic hydroxyl groups is 5. The minimum atomic E-state index is -1.55. The first-order valence-corrected chi connectivity index (χ1v) is 24.0. The molecule has 336 valence electrons. The van der Waals surface area contributed by atoms with Crippen LogP contribution in [0.2, 0.25) is 0 Å². The van der Waals surface area contributed by atoms with Crippen LogP contribution in [0.15, 0.2) is 24.3 Å². The summed E-state index contributed by atoms with van der Waals surface area (Å²) < 4.78 is 11.3. The molecule has 1 rings (SSSR count). The van der Waals surface area contributed by atoms with Crippen LogP contribution in [-0.4, -0.2) is 87.5 Å². The van der Waals surface area contributed by atoms with E-state index in [1.165, 1.54) is 122 Å². The van der Waals surface area contributed by atoms with Crippen LogP contribution in [-0.2, 0) is 14.3 Å². The molecule has 7 atom stereocenters. The predicted molar refractivity (Wildman–Crippen MR) is 235 cm³/mol. The highest BCUT2D eigenvalue weighted by Gasteiger charge is 2.44. The van der Waals surface area contributed by atoms with Crippen molar-refractivity contribution in [2.45, 2.75) is 262 Å². The minimum Gasteiger partial charge on any atom is -0.394 e. The molecule has 1 heterocycles. The molecule has 0 spiro atoms. The molecule has 1 saturated heterocycles. The Labute approximate surface area is 349 Å². The fraction of sp³-hybridized carbons (Fsp3) is 0.896. The molecule has 0 aromatic carbocycles. The molecule has 0 aromatic heterocycles.